The van der Waals surface area contributed by atoms with Gasteiger partial charge in [0.1, 0.15) is 6.04 Å². The summed E-state index contributed by atoms with van der Waals surface area (Å²) in [6.45, 7) is 0.537. The van der Waals surface area contributed by atoms with Crippen molar-refractivity contribution >= 4 is 35.1 Å². The van der Waals surface area contributed by atoms with Crippen LogP contribution in [-0.2, 0) is 9.59 Å². The van der Waals surface area contributed by atoms with Crippen LogP contribution in [-0.4, -0.2) is 34.5 Å². The second-order valence-corrected chi connectivity index (χ2v) is 6.55. The van der Waals surface area contributed by atoms with Crippen molar-refractivity contribution < 1.29 is 14.7 Å². The number of hydrogen-bond acceptors (Lipinski definition) is 2. The zero-order chi connectivity index (χ0) is 15.1. The van der Waals surface area contributed by atoms with Crippen LogP contribution in [0.4, 0.5) is 0 Å². The number of rotatable bonds is 3. The van der Waals surface area contributed by atoms with E-state index in [1.807, 2.05) is 12.1 Å². The Hall–Kier alpha value is -1.26. The molecule has 2 unspecified atom stereocenters. The number of hydrogen-bond donors (Lipinski definition) is 1. The second kappa shape index (κ2) is 5.50. The molecule has 1 aliphatic carbocycles. The molecule has 1 N–H and O–H groups in total. The SMILES string of the molecule is O=C(O)[C@@H]1CCCN1C(=O)C1CC1c1cc(Cl)cc(Cl)c1. The molecule has 3 rings (SSSR count). The van der Waals surface area contributed by atoms with Crippen LogP contribution >= 0.6 is 23.2 Å². The maximum Gasteiger partial charge on any atom is 0.326 e. The van der Waals surface area contributed by atoms with Gasteiger partial charge >= 0.3 is 5.97 Å². The van der Waals surface area contributed by atoms with Crippen molar-refractivity contribution in [3.05, 3.63) is 33.8 Å². The third kappa shape index (κ3) is 2.87. The highest BCUT2D eigenvalue weighted by molar-refractivity contribution is 6.34. The highest BCUT2D eigenvalue weighted by atomic mass is 35.5. The zero-order valence-electron chi connectivity index (χ0n) is 11.3. The number of carboxylic acids is 1. The summed E-state index contributed by atoms with van der Waals surface area (Å²) >= 11 is 12.0. The van der Waals surface area contributed by atoms with E-state index in [2.05, 4.69) is 0 Å². The lowest BCUT2D eigenvalue weighted by atomic mass is 10.1. The molecule has 0 radical (unpaired) electrons. The van der Waals surface area contributed by atoms with Gasteiger partial charge in [0.2, 0.25) is 5.91 Å². The van der Waals surface area contributed by atoms with Crippen molar-refractivity contribution in [1.29, 1.82) is 0 Å². The fourth-order valence-corrected chi connectivity index (χ4v) is 3.67. The predicted octanol–water partition coefficient (Wildman–Crippen LogP) is 3.17. The monoisotopic (exact) mass is 327 g/mol. The van der Waals surface area contributed by atoms with E-state index in [4.69, 9.17) is 28.3 Å². The highest BCUT2D eigenvalue weighted by Gasteiger charge is 2.48. The van der Waals surface area contributed by atoms with Gasteiger partial charge in [0, 0.05) is 22.5 Å². The van der Waals surface area contributed by atoms with Crippen molar-refractivity contribution in [3.63, 3.8) is 0 Å². The van der Waals surface area contributed by atoms with Gasteiger partial charge in [0.25, 0.3) is 0 Å². The Morgan fingerprint density at radius 1 is 1.19 bits per heavy atom. The molecule has 0 aromatic heterocycles. The molecule has 3 atom stereocenters. The number of halogens is 2. The third-order valence-electron chi connectivity index (χ3n) is 4.24. The molecule has 2 aliphatic rings. The van der Waals surface area contributed by atoms with E-state index in [1.54, 1.807) is 6.07 Å². The van der Waals surface area contributed by atoms with Gasteiger partial charge in [-0.25, -0.2) is 4.79 Å². The fraction of sp³-hybridized carbons (Fsp3) is 0.467. The number of carbonyl (C=O) groups excluding carboxylic acids is 1. The van der Waals surface area contributed by atoms with Crippen molar-refractivity contribution in [2.45, 2.75) is 31.2 Å². The summed E-state index contributed by atoms with van der Waals surface area (Å²) in [6.07, 6.45) is 2.03. The molecule has 112 valence electrons. The van der Waals surface area contributed by atoms with Gasteiger partial charge in [-0.15, -0.1) is 0 Å². The van der Waals surface area contributed by atoms with Gasteiger partial charge in [0.15, 0.2) is 0 Å². The summed E-state index contributed by atoms with van der Waals surface area (Å²) in [5.41, 5.74) is 0.955. The Bertz CT molecular complexity index is 584. The van der Waals surface area contributed by atoms with Crippen LogP contribution in [0.2, 0.25) is 10.0 Å². The van der Waals surface area contributed by atoms with Gasteiger partial charge in [-0.1, -0.05) is 23.2 Å². The van der Waals surface area contributed by atoms with Crippen molar-refractivity contribution in [1.82, 2.24) is 4.90 Å². The third-order valence-corrected chi connectivity index (χ3v) is 4.68. The molecular weight excluding hydrogens is 313 g/mol. The van der Waals surface area contributed by atoms with Gasteiger partial charge in [-0.05, 0) is 48.9 Å². The minimum absolute atomic E-state index is 0.0546. The van der Waals surface area contributed by atoms with E-state index in [0.29, 0.717) is 23.0 Å². The number of benzene rings is 1. The molecule has 1 amide bonds. The molecule has 0 bridgehead atoms. The first-order valence-electron chi connectivity index (χ1n) is 6.96. The molecular formula is C15H15Cl2NO3. The molecule has 1 aliphatic heterocycles. The standard InChI is InChI=1S/C15H15Cl2NO3/c16-9-4-8(5-10(17)6-9)11-7-12(11)14(19)18-3-1-2-13(18)15(20)21/h4-6,11-13H,1-3,7H2,(H,20,21)/t11?,12?,13-/m0/s1. The Labute approximate surface area is 132 Å². The Morgan fingerprint density at radius 2 is 1.86 bits per heavy atom. The average Bonchev–Trinajstić information content (AvgIpc) is 3.05. The smallest absolute Gasteiger partial charge is 0.326 e. The average molecular weight is 328 g/mol. The molecule has 1 heterocycles. The van der Waals surface area contributed by atoms with Gasteiger partial charge in [-0.2, -0.15) is 0 Å². The predicted molar refractivity (Wildman–Crippen MR) is 79.7 cm³/mol. The first-order chi connectivity index (χ1) is 9.97. The Morgan fingerprint density at radius 3 is 2.48 bits per heavy atom. The van der Waals surface area contributed by atoms with E-state index in [1.165, 1.54) is 4.90 Å². The number of amides is 1. The topological polar surface area (TPSA) is 57.6 Å². The van der Waals surface area contributed by atoms with E-state index in [-0.39, 0.29) is 17.7 Å². The minimum atomic E-state index is -0.913. The Balaban J connectivity index is 1.72. The van der Waals surface area contributed by atoms with Crippen LogP contribution in [0.1, 0.15) is 30.7 Å². The van der Waals surface area contributed by atoms with E-state index >= 15 is 0 Å². The maximum atomic E-state index is 12.5. The van der Waals surface area contributed by atoms with Crippen molar-refractivity contribution in [3.8, 4) is 0 Å². The number of nitrogens with zero attached hydrogens (tertiary/aromatic N) is 1. The molecule has 1 saturated heterocycles. The van der Waals surface area contributed by atoms with Crippen LogP contribution < -0.4 is 0 Å². The minimum Gasteiger partial charge on any atom is -0.480 e. The van der Waals surface area contributed by atoms with Gasteiger partial charge in [0.05, 0.1) is 0 Å². The number of carbonyl (C=O) groups is 2. The van der Waals surface area contributed by atoms with Crippen LogP contribution in [0.15, 0.2) is 18.2 Å². The molecule has 1 aromatic carbocycles. The number of likely N-dealkylation sites (tertiary alicyclic amines) is 1. The largest absolute Gasteiger partial charge is 0.480 e. The summed E-state index contributed by atoms with van der Waals surface area (Å²) in [5, 5.41) is 10.3. The summed E-state index contributed by atoms with van der Waals surface area (Å²) < 4.78 is 0. The number of aliphatic carboxylic acids is 1. The van der Waals surface area contributed by atoms with Crippen molar-refractivity contribution in [2.24, 2.45) is 5.92 Å². The quantitative estimate of drug-likeness (QED) is 0.927. The first kappa shape index (κ1) is 14.7. The lowest BCUT2D eigenvalue weighted by Gasteiger charge is -2.21. The van der Waals surface area contributed by atoms with Gasteiger partial charge in [-0.3, -0.25) is 4.79 Å². The molecule has 1 aromatic rings. The molecule has 2 fully saturated rings. The van der Waals surface area contributed by atoms with E-state index < -0.39 is 12.0 Å². The molecule has 6 heteroatoms. The van der Waals surface area contributed by atoms with Crippen LogP contribution in [0.25, 0.3) is 0 Å². The summed E-state index contributed by atoms with van der Waals surface area (Å²) in [6, 6.07) is 4.64. The first-order valence-corrected chi connectivity index (χ1v) is 7.72. The summed E-state index contributed by atoms with van der Waals surface area (Å²) in [5.74, 6) is -1.01. The van der Waals surface area contributed by atoms with Crippen LogP contribution in [0, 0.1) is 5.92 Å². The highest BCUT2D eigenvalue weighted by Crippen LogP contribution is 2.50. The summed E-state index contributed by atoms with van der Waals surface area (Å²) in [7, 11) is 0. The van der Waals surface area contributed by atoms with Crippen LogP contribution in [0.5, 0.6) is 0 Å². The maximum absolute atomic E-state index is 12.5. The Kier molecular flexibility index (Phi) is 3.84. The molecule has 21 heavy (non-hydrogen) atoms. The molecule has 0 spiro atoms. The lowest BCUT2D eigenvalue weighted by molar-refractivity contribution is -0.148. The van der Waals surface area contributed by atoms with Crippen molar-refractivity contribution in [2.75, 3.05) is 6.54 Å². The number of carboxylic acid groups (broad SMARTS) is 1. The lowest BCUT2D eigenvalue weighted by Crippen LogP contribution is -2.41. The van der Waals surface area contributed by atoms with E-state index in [9.17, 15) is 9.59 Å². The normalized spacial score (nSPS) is 27.7. The second-order valence-electron chi connectivity index (χ2n) is 5.68. The fourth-order valence-electron chi connectivity index (χ4n) is 3.13. The molecule has 4 nitrogen and oxygen atoms in total. The van der Waals surface area contributed by atoms with Crippen LogP contribution in [0.3, 0.4) is 0 Å². The molecule has 1 saturated carbocycles. The zero-order valence-corrected chi connectivity index (χ0v) is 12.8. The van der Waals surface area contributed by atoms with E-state index in [0.717, 1.165) is 18.4 Å². The summed E-state index contributed by atoms with van der Waals surface area (Å²) in [4.78, 5) is 25.2. The van der Waals surface area contributed by atoms with Gasteiger partial charge < -0.3 is 10.0 Å².